The van der Waals surface area contributed by atoms with E-state index in [0.29, 0.717) is 55.7 Å². The van der Waals surface area contributed by atoms with Crippen LogP contribution in [-0.4, -0.2) is 45.0 Å². The summed E-state index contributed by atoms with van der Waals surface area (Å²) in [5.74, 6) is 0.965. The zero-order valence-corrected chi connectivity index (χ0v) is 17.7. The number of carbonyl (C=O) groups excluding carboxylic acids is 1. The molecule has 0 bridgehead atoms. The number of nitrogens with zero attached hydrogens (tertiary/aromatic N) is 4. The summed E-state index contributed by atoms with van der Waals surface area (Å²) in [7, 11) is 0. The van der Waals surface area contributed by atoms with Crippen LogP contribution in [0, 0.1) is 0 Å². The number of ether oxygens (including phenoxy) is 3. The molecule has 0 aliphatic carbocycles. The van der Waals surface area contributed by atoms with Crippen molar-refractivity contribution in [1.82, 2.24) is 24.5 Å². The van der Waals surface area contributed by atoms with E-state index in [2.05, 4.69) is 15.4 Å². The quantitative estimate of drug-likeness (QED) is 0.443. The Morgan fingerprint density at radius 1 is 1.26 bits per heavy atom. The average Bonchev–Trinajstić information content (AvgIpc) is 3.49. The molecule has 9 nitrogen and oxygen atoms in total. The molecule has 160 valence electrons. The number of carbonyl (C=O) groups is 1. The van der Waals surface area contributed by atoms with Crippen LogP contribution in [0.2, 0.25) is 0 Å². The number of benzene rings is 1. The maximum absolute atomic E-state index is 12.5. The van der Waals surface area contributed by atoms with Gasteiger partial charge in [-0.3, -0.25) is 4.40 Å². The standard InChI is InChI=1S/C21H21N5O4S/c1-2-28-20(27)16-11-23-26(15-3-4-18-19(9-15)30-7-6-29-18)17(16)12-22-10-14-13-25-5-8-31-21(25)24-14/h3-5,8-9,11,13,22H,2,6-7,10,12H2,1H3. The lowest BCUT2D eigenvalue weighted by Gasteiger charge is -2.19. The van der Waals surface area contributed by atoms with E-state index in [0.717, 1.165) is 16.3 Å². The van der Waals surface area contributed by atoms with Gasteiger partial charge in [-0.2, -0.15) is 5.10 Å². The van der Waals surface area contributed by atoms with E-state index in [1.165, 1.54) is 0 Å². The third kappa shape index (κ3) is 3.87. The predicted molar refractivity (Wildman–Crippen MR) is 114 cm³/mol. The van der Waals surface area contributed by atoms with Gasteiger partial charge in [0, 0.05) is 36.9 Å². The summed E-state index contributed by atoms with van der Waals surface area (Å²) in [5, 5.41) is 9.82. The van der Waals surface area contributed by atoms with Crippen molar-refractivity contribution in [3.05, 3.63) is 59.1 Å². The SMILES string of the molecule is CCOC(=O)c1cnn(-c2ccc3c(c2)OCCO3)c1CNCc1cn2ccsc2n1. The fourth-order valence-electron chi connectivity index (χ4n) is 3.48. The first-order valence-corrected chi connectivity index (χ1v) is 10.9. The number of imidazole rings is 1. The Bertz CT molecular complexity index is 1200. The topological polar surface area (TPSA) is 91.9 Å². The molecule has 1 aromatic carbocycles. The summed E-state index contributed by atoms with van der Waals surface area (Å²) in [6.45, 7) is 4.08. The highest BCUT2D eigenvalue weighted by Gasteiger charge is 2.21. The van der Waals surface area contributed by atoms with E-state index in [1.54, 1.807) is 29.1 Å². The molecule has 31 heavy (non-hydrogen) atoms. The molecule has 3 aromatic heterocycles. The van der Waals surface area contributed by atoms with Crippen LogP contribution >= 0.6 is 11.3 Å². The number of rotatable bonds is 7. The molecule has 0 spiro atoms. The van der Waals surface area contributed by atoms with Crippen molar-refractivity contribution < 1.29 is 19.0 Å². The second-order valence-corrected chi connectivity index (χ2v) is 7.77. The Balaban J connectivity index is 1.41. The van der Waals surface area contributed by atoms with Gasteiger partial charge in [0.15, 0.2) is 16.5 Å². The first-order valence-electron chi connectivity index (χ1n) is 9.99. The molecule has 5 rings (SSSR count). The monoisotopic (exact) mass is 439 g/mol. The number of hydrogen-bond donors (Lipinski definition) is 1. The minimum atomic E-state index is -0.398. The highest BCUT2D eigenvalue weighted by molar-refractivity contribution is 7.15. The minimum absolute atomic E-state index is 0.298. The molecular formula is C21H21N5O4S. The maximum atomic E-state index is 12.5. The Labute approximate surface area is 182 Å². The zero-order chi connectivity index (χ0) is 21.2. The molecule has 0 fully saturated rings. The van der Waals surface area contributed by atoms with Gasteiger partial charge in [0.05, 0.1) is 29.9 Å². The van der Waals surface area contributed by atoms with Crippen molar-refractivity contribution in [2.45, 2.75) is 20.0 Å². The van der Waals surface area contributed by atoms with E-state index in [-0.39, 0.29) is 0 Å². The Kier molecular flexibility index (Phi) is 5.31. The Hall–Kier alpha value is -3.37. The lowest BCUT2D eigenvalue weighted by atomic mass is 10.2. The normalized spacial score (nSPS) is 12.9. The van der Waals surface area contributed by atoms with Gasteiger partial charge in [-0.25, -0.2) is 14.5 Å². The summed E-state index contributed by atoms with van der Waals surface area (Å²) in [5.41, 5.74) is 2.83. The van der Waals surface area contributed by atoms with Gasteiger partial charge in [0.2, 0.25) is 0 Å². The first-order chi connectivity index (χ1) is 15.2. The van der Waals surface area contributed by atoms with Crippen LogP contribution in [0.3, 0.4) is 0 Å². The highest BCUT2D eigenvalue weighted by atomic mass is 32.1. The van der Waals surface area contributed by atoms with Crippen molar-refractivity contribution >= 4 is 22.3 Å². The average molecular weight is 439 g/mol. The molecular weight excluding hydrogens is 418 g/mol. The van der Waals surface area contributed by atoms with Crippen molar-refractivity contribution in [2.75, 3.05) is 19.8 Å². The van der Waals surface area contributed by atoms with E-state index in [1.807, 2.05) is 40.4 Å². The largest absolute Gasteiger partial charge is 0.486 e. The number of hydrogen-bond acceptors (Lipinski definition) is 8. The number of esters is 1. The van der Waals surface area contributed by atoms with E-state index in [4.69, 9.17) is 14.2 Å². The van der Waals surface area contributed by atoms with Crippen molar-refractivity contribution in [1.29, 1.82) is 0 Å². The van der Waals surface area contributed by atoms with E-state index in [9.17, 15) is 4.79 Å². The fraction of sp³-hybridized carbons (Fsp3) is 0.286. The molecule has 1 aliphatic rings. The number of thiazole rings is 1. The fourth-order valence-corrected chi connectivity index (χ4v) is 4.20. The van der Waals surface area contributed by atoms with Crippen LogP contribution in [0.1, 0.15) is 28.7 Å². The molecule has 0 amide bonds. The molecule has 1 N–H and O–H groups in total. The summed E-state index contributed by atoms with van der Waals surface area (Å²) < 4.78 is 20.2. The zero-order valence-electron chi connectivity index (χ0n) is 16.9. The smallest absolute Gasteiger partial charge is 0.341 e. The van der Waals surface area contributed by atoms with Gasteiger partial charge < -0.3 is 19.5 Å². The van der Waals surface area contributed by atoms with Gasteiger partial charge in [0.1, 0.15) is 18.8 Å². The van der Waals surface area contributed by atoms with Gasteiger partial charge in [0.25, 0.3) is 0 Å². The summed E-state index contributed by atoms with van der Waals surface area (Å²) in [6.07, 6.45) is 5.51. The third-order valence-corrected chi connectivity index (χ3v) is 5.65. The molecule has 0 atom stereocenters. The third-order valence-electron chi connectivity index (χ3n) is 4.88. The highest BCUT2D eigenvalue weighted by Crippen LogP contribution is 2.32. The number of nitrogens with one attached hydrogen (secondary N) is 1. The summed E-state index contributed by atoms with van der Waals surface area (Å²) >= 11 is 1.59. The minimum Gasteiger partial charge on any atom is -0.486 e. The summed E-state index contributed by atoms with van der Waals surface area (Å²) in [4.78, 5) is 18.0. The van der Waals surface area contributed by atoms with Crippen LogP contribution in [0.5, 0.6) is 11.5 Å². The van der Waals surface area contributed by atoms with Gasteiger partial charge in [-0.1, -0.05) is 0 Å². The number of fused-ring (bicyclic) bond motifs is 2. The lowest BCUT2D eigenvalue weighted by molar-refractivity contribution is 0.0525. The Morgan fingerprint density at radius 3 is 2.97 bits per heavy atom. The Morgan fingerprint density at radius 2 is 2.13 bits per heavy atom. The van der Waals surface area contributed by atoms with E-state index < -0.39 is 5.97 Å². The van der Waals surface area contributed by atoms with Gasteiger partial charge >= 0.3 is 5.97 Å². The van der Waals surface area contributed by atoms with Gasteiger partial charge in [-0.15, -0.1) is 11.3 Å². The molecule has 0 saturated heterocycles. The van der Waals surface area contributed by atoms with Crippen molar-refractivity contribution in [3.8, 4) is 17.2 Å². The maximum Gasteiger partial charge on any atom is 0.341 e. The van der Waals surface area contributed by atoms with Crippen molar-refractivity contribution in [2.24, 2.45) is 0 Å². The van der Waals surface area contributed by atoms with E-state index >= 15 is 0 Å². The van der Waals surface area contributed by atoms with Crippen LogP contribution in [-0.2, 0) is 17.8 Å². The van der Waals surface area contributed by atoms with Crippen LogP contribution < -0.4 is 14.8 Å². The van der Waals surface area contributed by atoms with Crippen LogP contribution in [0.4, 0.5) is 0 Å². The molecule has 1 aliphatic heterocycles. The molecule has 10 heteroatoms. The first kappa shape index (κ1) is 19.6. The molecule has 4 aromatic rings. The van der Waals surface area contributed by atoms with Gasteiger partial charge in [-0.05, 0) is 19.1 Å². The van der Waals surface area contributed by atoms with Crippen LogP contribution in [0.15, 0.2) is 42.2 Å². The second-order valence-electron chi connectivity index (χ2n) is 6.89. The predicted octanol–water partition coefficient (Wildman–Crippen LogP) is 2.82. The molecule has 0 radical (unpaired) electrons. The molecule has 0 unspecified atom stereocenters. The van der Waals surface area contributed by atoms with Crippen LogP contribution in [0.25, 0.3) is 10.6 Å². The second kappa shape index (κ2) is 8.40. The van der Waals surface area contributed by atoms with Crippen molar-refractivity contribution in [3.63, 3.8) is 0 Å². The lowest BCUT2D eigenvalue weighted by Crippen LogP contribution is -2.19. The molecule has 0 saturated carbocycles. The number of aromatic nitrogens is 4. The molecule has 4 heterocycles. The summed E-state index contributed by atoms with van der Waals surface area (Å²) in [6, 6.07) is 5.61.